The Bertz CT molecular complexity index is 853. The van der Waals surface area contributed by atoms with Crippen LogP contribution in [0.3, 0.4) is 0 Å². The second kappa shape index (κ2) is 11.7. The summed E-state index contributed by atoms with van der Waals surface area (Å²) in [5.41, 5.74) is 1.97. The molecule has 0 bridgehead atoms. The van der Waals surface area contributed by atoms with Gasteiger partial charge in [0.25, 0.3) is 0 Å². The van der Waals surface area contributed by atoms with E-state index in [1.807, 2.05) is 13.0 Å². The van der Waals surface area contributed by atoms with Crippen molar-refractivity contribution in [3.8, 4) is 0 Å². The zero-order valence-corrected chi connectivity index (χ0v) is 20.6. The molecule has 0 amide bonds. The van der Waals surface area contributed by atoms with Crippen molar-refractivity contribution in [2.75, 3.05) is 27.2 Å². The van der Waals surface area contributed by atoms with Crippen LogP contribution in [0.25, 0.3) is 0 Å². The van der Waals surface area contributed by atoms with Crippen LogP contribution in [0.15, 0.2) is 51.0 Å². The third-order valence-corrected chi connectivity index (χ3v) is 6.79. The van der Waals surface area contributed by atoms with Crippen LogP contribution in [0.5, 0.6) is 0 Å². The SMILES string of the molecule is CCNC(=NCc1ccccc1S(=O)(=O)N(C)C)NCC(C)c1ccsc1.I. The van der Waals surface area contributed by atoms with Crippen LogP contribution >= 0.6 is 35.3 Å². The summed E-state index contributed by atoms with van der Waals surface area (Å²) in [7, 11) is -0.430. The van der Waals surface area contributed by atoms with Crippen molar-refractivity contribution in [2.45, 2.75) is 31.2 Å². The van der Waals surface area contributed by atoms with Gasteiger partial charge in [-0.15, -0.1) is 24.0 Å². The van der Waals surface area contributed by atoms with Crippen LogP contribution in [-0.2, 0) is 16.6 Å². The fraction of sp³-hybridized carbons (Fsp3) is 0.421. The van der Waals surface area contributed by atoms with Crippen molar-refractivity contribution in [3.05, 3.63) is 52.2 Å². The van der Waals surface area contributed by atoms with E-state index < -0.39 is 10.0 Å². The lowest BCUT2D eigenvalue weighted by molar-refractivity contribution is 0.519. The molecule has 2 N–H and O–H groups in total. The van der Waals surface area contributed by atoms with E-state index in [1.165, 1.54) is 24.0 Å². The van der Waals surface area contributed by atoms with Gasteiger partial charge in [0.15, 0.2) is 5.96 Å². The van der Waals surface area contributed by atoms with E-state index in [0.717, 1.165) is 13.1 Å². The Balaban J connectivity index is 0.00000392. The molecular formula is C19H29IN4O2S2. The Hall–Kier alpha value is -1.17. The van der Waals surface area contributed by atoms with Gasteiger partial charge < -0.3 is 10.6 Å². The Morgan fingerprint density at radius 3 is 2.54 bits per heavy atom. The molecule has 28 heavy (non-hydrogen) atoms. The number of hydrogen-bond donors (Lipinski definition) is 2. The zero-order chi connectivity index (χ0) is 19.9. The predicted octanol–water partition coefficient (Wildman–Crippen LogP) is 3.48. The van der Waals surface area contributed by atoms with Crippen molar-refractivity contribution in [1.29, 1.82) is 0 Å². The van der Waals surface area contributed by atoms with E-state index in [1.54, 1.807) is 29.5 Å². The third-order valence-electron chi connectivity index (χ3n) is 4.17. The average molecular weight is 537 g/mol. The number of halogens is 1. The molecule has 0 aliphatic carbocycles. The number of thiophene rings is 1. The Morgan fingerprint density at radius 1 is 1.21 bits per heavy atom. The maximum atomic E-state index is 12.5. The molecule has 0 aliphatic rings. The largest absolute Gasteiger partial charge is 0.357 e. The standard InChI is InChI=1S/C19H28N4O2S2.HI/c1-5-20-19(21-12-15(2)17-10-11-26-14-17)22-13-16-8-6-7-9-18(16)27(24,25)23(3)4;/h6-11,14-15H,5,12-13H2,1-4H3,(H2,20,21,22);1H. The smallest absolute Gasteiger partial charge is 0.242 e. The first kappa shape index (κ1) is 24.9. The van der Waals surface area contributed by atoms with Gasteiger partial charge in [-0.2, -0.15) is 11.3 Å². The summed E-state index contributed by atoms with van der Waals surface area (Å²) in [5.74, 6) is 1.04. The zero-order valence-electron chi connectivity index (χ0n) is 16.7. The molecule has 1 aromatic carbocycles. The summed E-state index contributed by atoms with van der Waals surface area (Å²) in [4.78, 5) is 4.88. The topological polar surface area (TPSA) is 73.8 Å². The van der Waals surface area contributed by atoms with E-state index in [0.29, 0.717) is 22.3 Å². The summed E-state index contributed by atoms with van der Waals surface area (Å²) in [5, 5.41) is 10.8. The van der Waals surface area contributed by atoms with Crippen LogP contribution in [-0.4, -0.2) is 45.9 Å². The van der Waals surface area contributed by atoms with Gasteiger partial charge in [-0.25, -0.2) is 17.7 Å². The normalized spacial score (nSPS) is 13.1. The summed E-state index contributed by atoms with van der Waals surface area (Å²) in [6.07, 6.45) is 0. The molecule has 0 saturated heterocycles. The highest BCUT2D eigenvalue weighted by molar-refractivity contribution is 14.0. The fourth-order valence-electron chi connectivity index (χ4n) is 2.51. The molecular weight excluding hydrogens is 507 g/mol. The molecule has 0 radical (unpaired) electrons. The summed E-state index contributed by atoms with van der Waals surface area (Å²) >= 11 is 1.69. The molecule has 0 saturated carbocycles. The van der Waals surface area contributed by atoms with Crippen LogP contribution in [0, 0.1) is 0 Å². The van der Waals surface area contributed by atoms with Crippen molar-refractivity contribution in [3.63, 3.8) is 0 Å². The Labute approximate surface area is 189 Å². The predicted molar refractivity (Wildman–Crippen MR) is 128 cm³/mol. The molecule has 1 unspecified atom stereocenters. The summed E-state index contributed by atoms with van der Waals surface area (Å²) in [6, 6.07) is 9.12. The first-order chi connectivity index (χ1) is 12.9. The average Bonchev–Trinajstić information content (AvgIpc) is 3.18. The molecule has 2 aromatic rings. The maximum Gasteiger partial charge on any atom is 0.242 e. The van der Waals surface area contributed by atoms with Crippen LogP contribution in [0.2, 0.25) is 0 Å². The molecule has 9 heteroatoms. The number of sulfonamides is 1. The number of aliphatic imine (C=N–C) groups is 1. The van der Waals surface area contributed by atoms with Gasteiger partial charge in [-0.1, -0.05) is 25.1 Å². The number of rotatable bonds is 8. The lowest BCUT2D eigenvalue weighted by atomic mass is 10.1. The van der Waals surface area contributed by atoms with Gasteiger partial charge in [-0.3, -0.25) is 0 Å². The molecule has 0 fully saturated rings. The highest BCUT2D eigenvalue weighted by Gasteiger charge is 2.20. The number of nitrogens with zero attached hydrogens (tertiary/aromatic N) is 2. The highest BCUT2D eigenvalue weighted by Crippen LogP contribution is 2.19. The van der Waals surface area contributed by atoms with Gasteiger partial charge in [0.1, 0.15) is 0 Å². The molecule has 0 spiro atoms. The molecule has 156 valence electrons. The minimum absolute atomic E-state index is 0. The van der Waals surface area contributed by atoms with E-state index in [4.69, 9.17) is 0 Å². The Morgan fingerprint density at radius 2 is 1.93 bits per heavy atom. The Kier molecular flexibility index (Phi) is 10.4. The molecule has 6 nitrogen and oxygen atoms in total. The van der Waals surface area contributed by atoms with E-state index in [2.05, 4.69) is 39.4 Å². The second-order valence-electron chi connectivity index (χ2n) is 6.43. The number of benzene rings is 1. The van der Waals surface area contributed by atoms with Gasteiger partial charge in [0.2, 0.25) is 10.0 Å². The van der Waals surface area contributed by atoms with Crippen molar-refractivity contribution < 1.29 is 8.42 Å². The molecule has 1 atom stereocenters. The summed E-state index contributed by atoms with van der Waals surface area (Å²) in [6.45, 7) is 5.93. The lowest BCUT2D eigenvalue weighted by Crippen LogP contribution is -2.39. The minimum Gasteiger partial charge on any atom is -0.357 e. The fourth-order valence-corrected chi connectivity index (χ4v) is 4.40. The van der Waals surface area contributed by atoms with Crippen LogP contribution in [0.4, 0.5) is 0 Å². The third kappa shape index (κ3) is 6.71. The van der Waals surface area contributed by atoms with Gasteiger partial charge in [0, 0.05) is 27.2 Å². The lowest BCUT2D eigenvalue weighted by Gasteiger charge is -2.16. The van der Waals surface area contributed by atoms with Gasteiger partial charge in [-0.05, 0) is 46.9 Å². The van der Waals surface area contributed by atoms with E-state index >= 15 is 0 Å². The maximum absolute atomic E-state index is 12.5. The van der Waals surface area contributed by atoms with Gasteiger partial charge >= 0.3 is 0 Å². The van der Waals surface area contributed by atoms with Gasteiger partial charge in [0.05, 0.1) is 11.4 Å². The van der Waals surface area contributed by atoms with Crippen molar-refractivity contribution >= 4 is 51.3 Å². The molecule has 2 rings (SSSR count). The minimum atomic E-state index is -3.50. The first-order valence-electron chi connectivity index (χ1n) is 8.91. The number of guanidine groups is 1. The molecule has 1 aromatic heterocycles. The summed E-state index contributed by atoms with van der Waals surface area (Å²) < 4.78 is 26.3. The highest BCUT2D eigenvalue weighted by atomic mass is 127. The van der Waals surface area contributed by atoms with Crippen LogP contribution < -0.4 is 10.6 Å². The second-order valence-corrected chi connectivity index (χ2v) is 9.33. The number of nitrogens with one attached hydrogen (secondary N) is 2. The van der Waals surface area contributed by atoms with Crippen LogP contribution in [0.1, 0.15) is 30.9 Å². The quantitative estimate of drug-likeness (QED) is 0.308. The number of hydrogen-bond acceptors (Lipinski definition) is 4. The van der Waals surface area contributed by atoms with Crippen molar-refractivity contribution in [2.24, 2.45) is 4.99 Å². The molecule has 1 heterocycles. The molecule has 0 aliphatic heterocycles. The first-order valence-corrected chi connectivity index (χ1v) is 11.3. The van der Waals surface area contributed by atoms with E-state index in [9.17, 15) is 8.42 Å². The van der Waals surface area contributed by atoms with E-state index in [-0.39, 0.29) is 30.5 Å². The monoisotopic (exact) mass is 536 g/mol. The van der Waals surface area contributed by atoms with Crippen molar-refractivity contribution in [1.82, 2.24) is 14.9 Å².